The summed E-state index contributed by atoms with van der Waals surface area (Å²) in [5, 5.41) is 4.39. The molecule has 3 heterocycles. The van der Waals surface area contributed by atoms with Crippen LogP contribution in [0.1, 0.15) is 0 Å². The molecule has 0 aliphatic carbocycles. The molecule has 0 radical (unpaired) electrons. The first-order chi connectivity index (χ1) is 24.8. The molecule has 0 unspecified atom stereocenters. The molecule has 0 bridgehead atoms. The second kappa shape index (κ2) is 11.4. The maximum absolute atomic E-state index is 6.53. The van der Waals surface area contributed by atoms with Crippen LogP contribution >= 0.6 is 0 Å². The number of hydrogen-bond donors (Lipinski definition) is 0. The van der Waals surface area contributed by atoms with E-state index in [1.807, 2.05) is 78.9 Å². The Balaban J connectivity index is 1.27. The van der Waals surface area contributed by atoms with E-state index in [0.29, 0.717) is 17.5 Å². The van der Waals surface area contributed by atoms with Crippen LogP contribution in [-0.2, 0) is 0 Å². The summed E-state index contributed by atoms with van der Waals surface area (Å²) in [5.74, 6) is 1.91. The lowest BCUT2D eigenvalue weighted by atomic mass is 10.0. The van der Waals surface area contributed by atoms with Crippen molar-refractivity contribution in [2.45, 2.75) is 0 Å². The Morgan fingerprint density at radius 1 is 0.400 bits per heavy atom. The van der Waals surface area contributed by atoms with Gasteiger partial charge in [0.05, 0.1) is 11.0 Å². The normalized spacial score (nSPS) is 11.6. The molecule has 0 saturated heterocycles. The zero-order valence-electron chi connectivity index (χ0n) is 26.9. The number of hydrogen-bond acceptors (Lipinski definition) is 4. The first-order valence-corrected chi connectivity index (χ1v) is 16.7. The molecule has 0 atom stereocenters. The average molecular weight is 641 g/mol. The van der Waals surface area contributed by atoms with Gasteiger partial charge in [-0.2, -0.15) is 0 Å². The first kappa shape index (κ1) is 28.2. The first-order valence-electron chi connectivity index (χ1n) is 16.7. The highest BCUT2D eigenvalue weighted by atomic mass is 16.3. The van der Waals surface area contributed by atoms with Gasteiger partial charge in [-0.3, -0.25) is 0 Å². The van der Waals surface area contributed by atoms with E-state index in [1.54, 1.807) is 0 Å². The van der Waals surface area contributed by atoms with Gasteiger partial charge < -0.3 is 8.98 Å². The summed E-state index contributed by atoms with van der Waals surface area (Å²) < 4.78 is 8.89. The highest BCUT2D eigenvalue weighted by Gasteiger charge is 2.21. The smallest absolute Gasteiger partial charge is 0.164 e. The van der Waals surface area contributed by atoms with Crippen LogP contribution in [0.25, 0.3) is 94.7 Å². The third kappa shape index (κ3) is 4.52. The van der Waals surface area contributed by atoms with Crippen LogP contribution in [0.3, 0.4) is 0 Å². The van der Waals surface area contributed by atoms with Gasteiger partial charge in [0.1, 0.15) is 11.2 Å². The van der Waals surface area contributed by atoms with E-state index in [2.05, 4.69) is 95.6 Å². The molecule has 5 nitrogen and oxygen atoms in total. The largest absolute Gasteiger partial charge is 0.455 e. The van der Waals surface area contributed by atoms with Gasteiger partial charge in [-0.05, 0) is 35.9 Å². The highest BCUT2D eigenvalue weighted by Crippen LogP contribution is 2.42. The molecule has 5 heteroatoms. The standard InChI is InChI=1S/C45H28N4O/c1-4-15-29(16-5-1)36-27-32(28-37-33-21-11-13-26-40(33)50-42(36)37)49-38-24-12-10-22-34(38)41-35(23-14-25-39(41)49)45-47-43(30-17-6-2-7-18-30)46-44(48-45)31-19-8-3-9-20-31/h1-28H. The molecular formula is C45H28N4O. The van der Waals surface area contributed by atoms with Gasteiger partial charge >= 0.3 is 0 Å². The predicted molar refractivity (Wildman–Crippen MR) is 203 cm³/mol. The molecule has 0 N–H and O–H groups in total. The molecular weight excluding hydrogens is 613 g/mol. The zero-order valence-corrected chi connectivity index (χ0v) is 26.9. The predicted octanol–water partition coefficient (Wildman–Crippen LogP) is 11.5. The quantitative estimate of drug-likeness (QED) is 0.188. The Kier molecular flexibility index (Phi) is 6.42. The number of benzene rings is 7. The molecule has 0 spiro atoms. The Morgan fingerprint density at radius 2 is 0.960 bits per heavy atom. The summed E-state index contributed by atoms with van der Waals surface area (Å²) in [4.78, 5) is 15.2. The highest BCUT2D eigenvalue weighted by molar-refractivity contribution is 6.16. The summed E-state index contributed by atoms with van der Waals surface area (Å²) in [6.07, 6.45) is 0. The molecule has 50 heavy (non-hydrogen) atoms. The number of furan rings is 1. The fraction of sp³-hybridized carbons (Fsp3) is 0. The van der Waals surface area contributed by atoms with Crippen molar-refractivity contribution in [1.29, 1.82) is 0 Å². The molecule has 7 aromatic carbocycles. The van der Waals surface area contributed by atoms with Crippen LogP contribution in [-0.4, -0.2) is 19.5 Å². The molecule has 0 aliphatic heterocycles. The van der Waals surface area contributed by atoms with Crippen molar-refractivity contribution in [2.24, 2.45) is 0 Å². The minimum absolute atomic E-state index is 0.632. The van der Waals surface area contributed by atoms with Gasteiger partial charge in [-0.15, -0.1) is 0 Å². The van der Waals surface area contributed by atoms with Gasteiger partial charge in [-0.1, -0.05) is 140 Å². The fourth-order valence-electron chi connectivity index (χ4n) is 7.19. The van der Waals surface area contributed by atoms with E-state index < -0.39 is 0 Å². The van der Waals surface area contributed by atoms with Gasteiger partial charge in [0, 0.05) is 49.5 Å². The van der Waals surface area contributed by atoms with Crippen molar-refractivity contribution in [3.05, 3.63) is 170 Å². The number of rotatable bonds is 5. The third-order valence-electron chi connectivity index (χ3n) is 9.44. The van der Waals surface area contributed by atoms with E-state index in [1.165, 1.54) is 0 Å². The Bertz CT molecular complexity index is 2800. The molecule has 234 valence electrons. The number of nitrogens with zero attached hydrogens (tertiary/aromatic N) is 4. The van der Waals surface area contributed by atoms with Crippen LogP contribution in [0.15, 0.2) is 174 Å². The Morgan fingerprint density at radius 3 is 1.66 bits per heavy atom. The van der Waals surface area contributed by atoms with Crippen molar-refractivity contribution in [2.75, 3.05) is 0 Å². The molecule has 0 fully saturated rings. The lowest BCUT2D eigenvalue weighted by Crippen LogP contribution is -2.00. The summed E-state index contributed by atoms with van der Waals surface area (Å²) in [5.41, 5.74) is 9.97. The minimum atomic E-state index is 0.632. The monoisotopic (exact) mass is 640 g/mol. The van der Waals surface area contributed by atoms with E-state index in [-0.39, 0.29) is 0 Å². The molecule has 0 amide bonds. The van der Waals surface area contributed by atoms with Gasteiger partial charge in [-0.25, -0.2) is 15.0 Å². The van der Waals surface area contributed by atoms with Crippen molar-refractivity contribution < 1.29 is 4.42 Å². The molecule has 10 aromatic rings. The molecule has 3 aromatic heterocycles. The Labute approximate surface area is 287 Å². The van der Waals surface area contributed by atoms with Crippen LogP contribution in [0.4, 0.5) is 0 Å². The van der Waals surface area contributed by atoms with Gasteiger partial charge in [0.2, 0.25) is 0 Å². The number of aromatic nitrogens is 4. The number of fused-ring (bicyclic) bond motifs is 6. The second-order valence-corrected chi connectivity index (χ2v) is 12.4. The zero-order chi connectivity index (χ0) is 33.0. The average Bonchev–Trinajstić information content (AvgIpc) is 3.74. The molecule has 0 aliphatic rings. The maximum atomic E-state index is 6.53. The summed E-state index contributed by atoms with van der Waals surface area (Å²) in [6, 6.07) is 58.5. The molecule has 10 rings (SSSR count). The van der Waals surface area contributed by atoms with Crippen molar-refractivity contribution in [3.8, 4) is 51.0 Å². The number of para-hydroxylation sites is 2. The van der Waals surface area contributed by atoms with Gasteiger partial charge in [0.15, 0.2) is 17.5 Å². The van der Waals surface area contributed by atoms with Gasteiger partial charge in [0.25, 0.3) is 0 Å². The summed E-state index contributed by atoms with van der Waals surface area (Å²) >= 11 is 0. The third-order valence-corrected chi connectivity index (χ3v) is 9.44. The lowest BCUT2D eigenvalue weighted by molar-refractivity contribution is 0.670. The summed E-state index contributed by atoms with van der Waals surface area (Å²) in [7, 11) is 0. The minimum Gasteiger partial charge on any atom is -0.455 e. The SMILES string of the molecule is c1ccc(-c2nc(-c3ccccc3)nc(-c3cccc4c3c3ccccc3n4-c3cc(-c4ccccc4)c4oc5ccccc5c4c3)n2)cc1. The van der Waals surface area contributed by atoms with E-state index in [0.717, 1.165) is 77.2 Å². The van der Waals surface area contributed by atoms with Crippen molar-refractivity contribution >= 4 is 43.7 Å². The van der Waals surface area contributed by atoms with Crippen LogP contribution in [0, 0.1) is 0 Å². The van der Waals surface area contributed by atoms with E-state index >= 15 is 0 Å². The van der Waals surface area contributed by atoms with Crippen LogP contribution in [0.5, 0.6) is 0 Å². The van der Waals surface area contributed by atoms with E-state index in [4.69, 9.17) is 19.4 Å². The second-order valence-electron chi connectivity index (χ2n) is 12.4. The lowest BCUT2D eigenvalue weighted by Gasteiger charge is -2.12. The van der Waals surface area contributed by atoms with Crippen LogP contribution in [0.2, 0.25) is 0 Å². The maximum Gasteiger partial charge on any atom is 0.164 e. The summed E-state index contributed by atoms with van der Waals surface area (Å²) in [6.45, 7) is 0. The molecule has 0 saturated carbocycles. The van der Waals surface area contributed by atoms with E-state index in [9.17, 15) is 0 Å². The van der Waals surface area contributed by atoms with Crippen molar-refractivity contribution in [3.63, 3.8) is 0 Å². The topological polar surface area (TPSA) is 56.7 Å². The fourth-order valence-corrected chi connectivity index (χ4v) is 7.19. The van der Waals surface area contributed by atoms with Crippen molar-refractivity contribution in [1.82, 2.24) is 19.5 Å². The van der Waals surface area contributed by atoms with Crippen LogP contribution < -0.4 is 0 Å². The Hall–Kier alpha value is -6.85.